The summed E-state index contributed by atoms with van der Waals surface area (Å²) in [6.45, 7) is 1.99. The number of hydrogen-bond donors (Lipinski definition) is 12. The second kappa shape index (κ2) is 37.7. The SMILES string of the molecule is CCCc1c(NC(=O)c2ccccc2Cl)n[nH]c1C(=O)Nc1ccccc1.CN(C)c1ccc(NC(=O)c2[nH]nc(NC(=O)c3ccccc3Cl)c2Br)cc1.O=C(Nc1n[nH]c(C(=O)Nc2ccccc2)c1Br)c1ccccc1Cl.O=C(Nc1n[nH]c(C(=O)Nc2cccnc2)c1Br)c1ccccc1Cl. The molecule has 12 rings (SSSR count). The Kier molecular flexibility index (Phi) is 28.0. The van der Waals surface area contributed by atoms with Gasteiger partial charge in [-0.1, -0.05) is 145 Å². The molecule has 105 heavy (non-hydrogen) atoms. The molecule has 0 fully saturated rings. The molecule has 0 unspecified atom stereocenters. The molecular weight excluding hydrogens is 1630 g/mol. The highest BCUT2D eigenvalue weighted by atomic mass is 79.9. The van der Waals surface area contributed by atoms with Crippen molar-refractivity contribution in [2.75, 3.05) is 61.5 Å². The van der Waals surface area contributed by atoms with Crippen LogP contribution in [0.5, 0.6) is 0 Å². The number of nitrogens with zero attached hydrogens (tertiary/aromatic N) is 6. The first-order valence-electron chi connectivity index (χ1n) is 31.1. The smallest absolute Gasteiger partial charge is 0.274 e. The molecule has 5 heterocycles. The lowest BCUT2D eigenvalue weighted by Gasteiger charge is -2.12. The molecule has 12 N–H and O–H groups in total. The summed E-state index contributed by atoms with van der Waals surface area (Å²) in [4.78, 5) is 105. The van der Waals surface area contributed by atoms with Gasteiger partial charge in [0.15, 0.2) is 23.3 Å². The fraction of sp³-hybridized carbons (Fsp3) is 0.0694. The molecule has 534 valence electrons. The van der Waals surface area contributed by atoms with Crippen LogP contribution in [0.4, 0.5) is 51.7 Å². The predicted molar refractivity (Wildman–Crippen MR) is 419 cm³/mol. The molecule has 8 amide bonds. The van der Waals surface area contributed by atoms with Crippen LogP contribution >= 0.6 is 94.2 Å². The van der Waals surface area contributed by atoms with Gasteiger partial charge in [-0.3, -0.25) is 63.7 Å². The number of H-pyrrole nitrogens is 4. The van der Waals surface area contributed by atoms with E-state index in [0.29, 0.717) is 102 Å². The minimum absolute atomic E-state index is 0.165. The normalized spacial score (nSPS) is 10.4. The Morgan fingerprint density at radius 2 is 0.648 bits per heavy atom. The standard InChI is InChI=1S/C20H19ClN4O2.C19H17BrClN5O2.C17H12BrClN4O2.C16H11BrClN5O2/c1-2-8-15-17(20(27)22-13-9-4-3-5-10-13)24-25-18(15)23-19(26)14-11-6-7-12-16(14)21;1-26(2)12-9-7-11(8-10-12)22-19(28)16-15(20)17(25-24-16)23-18(27)13-5-3-4-6-14(13)21;18-13-14(17(25)20-10-6-2-1-3-7-10)22-23-15(13)21-16(24)11-8-4-5-9-12(11)19;17-12-13(16(25)20-9-4-3-7-19-8-9)22-23-14(12)21-15(24)10-5-1-2-6-11(10)18/h3-7,9-12H,2,8H2,1H3,(H,22,27)(H2,23,24,25,26);3-10H,1-2H3,(H,22,28)(H2,23,24,25,27);1-9H,(H,20,25)(H2,21,22,23,24);1-8H,(H,20,25)(H2,21,22,23,24). The summed E-state index contributed by atoms with van der Waals surface area (Å²) >= 11 is 34.0. The molecule has 0 atom stereocenters. The topological polar surface area (TPSA) is 364 Å². The lowest BCUT2D eigenvalue weighted by atomic mass is 10.1. The number of nitrogens with one attached hydrogen (secondary N) is 12. The van der Waals surface area contributed by atoms with Crippen molar-refractivity contribution in [2.24, 2.45) is 0 Å². The van der Waals surface area contributed by atoms with Crippen LogP contribution in [0.15, 0.2) is 220 Å². The van der Waals surface area contributed by atoms with Crippen molar-refractivity contribution in [1.82, 2.24) is 45.8 Å². The van der Waals surface area contributed by atoms with Gasteiger partial charge in [0.2, 0.25) is 0 Å². The monoisotopic (exact) mass is 1680 g/mol. The zero-order valence-electron chi connectivity index (χ0n) is 55.1. The van der Waals surface area contributed by atoms with Crippen LogP contribution in [0.3, 0.4) is 0 Å². The number of halogens is 7. The highest BCUT2D eigenvalue weighted by Crippen LogP contribution is 2.31. The van der Waals surface area contributed by atoms with Crippen molar-refractivity contribution in [3.05, 3.63) is 291 Å². The molecule has 12 aromatic rings. The van der Waals surface area contributed by atoms with E-state index in [0.717, 1.165) is 12.1 Å². The summed E-state index contributed by atoms with van der Waals surface area (Å²) in [5.74, 6) is -2.27. The number of carbonyl (C=O) groups is 8. The van der Waals surface area contributed by atoms with Crippen LogP contribution in [-0.4, -0.2) is 107 Å². The van der Waals surface area contributed by atoms with E-state index < -0.39 is 29.5 Å². The lowest BCUT2D eigenvalue weighted by molar-refractivity contribution is 0.101. The largest absolute Gasteiger partial charge is 0.378 e. The van der Waals surface area contributed by atoms with Gasteiger partial charge in [-0.2, -0.15) is 20.4 Å². The third-order valence-electron chi connectivity index (χ3n) is 14.4. The average Bonchev–Trinajstić information content (AvgIpc) is 1.71. The molecule has 0 radical (unpaired) electrons. The number of anilines is 9. The first kappa shape index (κ1) is 77.8. The van der Waals surface area contributed by atoms with Crippen molar-refractivity contribution < 1.29 is 38.4 Å². The van der Waals surface area contributed by atoms with Gasteiger partial charge < -0.3 is 47.4 Å². The summed E-state index contributed by atoms with van der Waals surface area (Å²) in [6, 6.07) is 55.7. The average molecular weight is 1690 g/mol. The summed E-state index contributed by atoms with van der Waals surface area (Å²) in [7, 11) is 3.88. The number of aromatic nitrogens is 9. The van der Waals surface area contributed by atoms with Crippen LogP contribution in [0.2, 0.25) is 20.1 Å². The summed E-state index contributed by atoms with van der Waals surface area (Å²) in [5.41, 5.74) is 6.33. The zero-order valence-corrected chi connectivity index (χ0v) is 62.9. The van der Waals surface area contributed by atoms with E-state index in [9.17, 15) is 38.4 Å². The number of benzene rings is 7. The molecule has 0 aliphatic carbocycles. The molecule has 0 aliphatic rings. The molecule has 7 aromatic carbocycles. The number of rotatable bonds is 19. The third-order valence-corrected chi connectivity index (χ3v) is 18.1. The fourth-order valence-electron chi connectivity index (χ4n) is 9.21. The first-order chi connectivity index (χ1) is 50.6. The first-order valence-corrected chi connectivity index (χ1v) is 35.0. The Bertz CT molecular complexity index is 4930. The van der Waals surface area contributed by atoms with Gasteiger partial charge in [0.25, 0.3) is 47.3 Å². The van der Waals surface area contributed by atoms with Crippen molar-refractivity contribution in [2.45, 2.75) is 19.8 Å². The highest BCUT2D eigenvalue weighted by molar-refractivity contribution is 9.11. The van der Waals surface area contributed by atoms with E-state index in [1.165, 1.54) is 6.20 Å². The molecule has 5 aromatic heterocycles. The van der Waals surface area contributed by atoms with Gasteiger partial charge in [0.05, 0.1) is 67.6 Å². The van der Waals surface area contributed by atoms with Gasteiger partial charge in [0.1, 0.15) is 22.8 Å². The Balaban J connectivity index is 0.000000162. The van der Waals surface area contributed by atoms with Crippen molar-refractivity contribution in [1.29, 1.82) is 0 Å². The zero-order chi connectivity index (χ0) is 75.1. The predicted octanol–water partition coefficient (Wildman–Crippen LogP) is 17.0. The van der Waals surface area contributed by atoms with E-state index in [1.54, 1.807) is 152 Å². The number of hydrogen-bond acceptors (Lipinski definition) is 14. The third kappa shape index (κ3) is 21.2. The molecule has 26 nitrogen and oxygen atoms in total. The molecular formula is C72H59Br3Cl4N18O8. The molecule has 0 aliphatic heterocycles. The number of aromatic amines is 4. The van der Waals surface area contributed by atoms with Crippen molar-refractivity contribution in [3.8, 4) is 0 Å². The van der Waals surface area contributed by atoms with Gasteiger partial charge >= 0.3 is 0 Å². The van der Waals surface area contributed by atoms with Crippen LogP contribution in [0.25, 0.3) is 0 Å². The Hall–Kier alpha value is -11.3. The summed E-state index contributed by atoms with van der Waals surface area (Å²) in [6.07, 6.45) is 4.50. The summed E-state index contributed by atoms with van der Waals surface area (Å²) < 4.78 is 1.02. The maximum Gasteiger partial charge on any atom is 0.274 e. The molecule has 0 saturated carbocycles. The van der Waals surface area contributed by atoms with E-state index in [-0.39, 0.29) is 52.3 Å². The van der Waals surface area contributed by atoms with Crippen molar-refractivity contribution in [3.63, 3.8) is 0 Å². The van der Waals surface area contributed by atoms with Gasteiger partial charge in [-0.15, -0.1) is 0 Å². The Morgan fingerprint density at radius 3 is 0.981 bits per heavy atom. The number of pyridine rings is 1. The van der Waals surface area contributed by atoms with Crippen LogP contribution < -0.4 is 47.4 Å². The van der Waals surface area contributed by atoms with E-state index in [4.69, 9.17) is 46.4 Å². The van der Waals surface area contributed by atoms with E-state index >= 15 is 0 Å². The number of para-hydroxylation sites is 2. The van der Waals surface area contributed by atoms with Gasteiger partial charge in [0, 0.05) is 48.6 Å². The minimum atomic E-state index is -0.433. The Labute approximate surface area is 644 Å². The molecule has 0 saturated heterocycles. The van der Waals surface area contributed by atoms with Gasteiger partial charge in [-0.25, -0.2) is 0 Å². The number of amides is 8. The molecule has 33 heteroatoms. The number of carbonyl (C=O) groups excluding carboxylic acids is 8. The second-order valence-electron chi connectivity index (χ2n) is 21.9. The highest BCUT2D eigenvalue weighted by Gasteiger charge is 2.26. The van der Waals surface area contributed by atoms with Gasteiger partial charge in [-0.05, 0) is 163 Å². The maximum absolute atomic E-state index is 12.6. The van der Waals surface area contributed by atoms with Crippen LogP contribution in [-0.2, 0) is 6.42 Å². The quantitative estimate of drug-likeness (QED) is 0.0358. The van der Waals surface area contributed by atoms with Crippen LogP contribution in [0, 0.1) is 0 Å². The molecule has 0 spiro atoms. The van der Waals surface area contributed by atoms with Crippen molar-refractivity contribution >= 4 is 193 Å². The second-order valence-corrected chi connectivity index (χ2v) is 25.9. The van der Waals surface area contributed by atoms with Crippen LogP contribution in [0.1, 0.15) is 102 Å². The minimum Gasteiger partial charge on any atom is -0.378 e. The molecule has 0 bridgehead atoms. The lowest BCUT2D eigenvalue weighted by Crippen LogP contribution is -2.16. The van der Waals surface area contributed by atoms with E-state index in [1.807, 2.05) is 74.4 Å². The fourth-order valence-corrected chi connectivity index (χ4v) is 11.5. The maximum atomic E-state index is 12.6. The Morgan fingerprint density at radius 1 is 0.352 bits per heavy atom. The summed E-state index contributed by atoms with van der Waals surface area (Å²) in [5, 5.41) is 49.5. The van der Waals surface area contributed by atoms with E-state index in [2.05, 4.69) is 136 Å².